The monoisotopic (exact) mass is 424 g/mol. The first kappa shape index (κ1) is 20.5. The Morgan fingerprint density at radius 2 is 1.76 bits per heavy atom. The Balaban J connectivity index is 1.79. The average molecular weight is 425 g/mol. The van der Waals surface area contributed by atoms with Crippen molar-refractivity contribution in [2.24, 2.45) is 11.3 Å². The Hall–Kier alpha value is -1.77. The summed E-state index contributed by atoms with van der Waals surface area (Å²) in [4.78, 5) is 0. The summed E-state index contributed by atoms with van der Waals surface area (Å²) in [5.74, 6) is 2.22. The lowest BCUT2D eigenvalue weighted by atomic mass is 9.62. The number of ether oxygens (including phenoxy) is 3. The third-order valence-electron chi connectivity index (χ3n) is 7.11. The first-order chi connectivity index (χ1) is 13.7. The molecule has 0 spiro atoms. The lowest BCUT2D eigenvalue weighted by Crippen LogP contribution is -2.39. The number of fused-ring (bicyclic) bond motifs is 4. The molecular formula is C21H28O7S. The molecule has 0 radical (unpaired) electrons. The summed E-state index contributed by atoms with van der Waals surface area (Å²) in [5, 5.41) is 0. The molecular weight excluding hydrogens is 396 g/mol. The Bertz CT molecular complexity index is 966. The highest BCUT2D eigenvalue weighted by Crippen LogP contribution is 2.60. The molecule has 4 rings (SSSR count). The first-order valence-corrected chi connectivity index (χ1v) is 11.3. The van der Waals surface area contributed by atoms with Gasteiger partial charge in [-0.25, -0.2) is 4.18 Å². The van der Waals surface area contributed by atoms with Crippen LogP contribution in [-0.4, -0.2) is 40.4 Å². The average Bonchev–Trinajstić information content (AvgIpc) is 3.00. The van der Waals surface area contributed by atoms with Crippen LogP contribution >= 0.6 is 0 Å². The molecule has 1 saturated carbocycles. The molecule has 7 nitrogen and oxygen atoms in total. The molecule has 160 valence electrons. The summed E-state index contributed by atoms with van der Waals surface area (Å²) >= 11 is 0. The predicted octanol–water partition coefficient (Wildman–Crippen LogP) is 3.81. The molecule has 0 saturated heterocycles. The lowest BCUT2D eigenvalue weighted by molar-refractivity contribution is 0.0530. The molecule has 0 aliphatic heterocycles. The van der Waals surface area contributed by atoms with E-state index in [4.69, 9.17) is 18.4 Å². The zero-order valence-electron chi connectivity index (χ0n) is 17.3. The van der Waals surface area contributed by atoms with Crippen molar-refractivity contribution in [1.29, 1.82) is 0 Å². The van der Waals surface area contributed by atoms with Crippen LogP contribution in [0.15, 0.2) is 11.6 Å². The largest absolute Gasteiger partial charge is 0.493 e. The van der Waals surface area contributed by atoms with Crippen LogP contribution in [0.5, 0.6) is 17.2 Å². The number of hydrogen-bond donors (Lipinski definition) is 1. The van der Waals surface area contributed by atoms with Crippen LogP contribution in [0.25, 0.3) is 5.57 Å². The van der Waals surface area contributed by atoms with E-state index in [0.717, 1.165) is 49.0 Å². The highest BCUT2D eigenvalue weighted by molar-refractivity contribution is 7.80. The van der Waals surface area contributed by atoms with Gasteiger partial charge < -0.3 is 14.2 Å². The second-order valence-corrected chi connectivity index (χ2v) is 9.37. The topological polar surface area (TPSA) is 91.3 Å². The third kappa shape index (κ3) is 3.21. The summed E-state index contributed by atoms with van der Waals surface area (Å²) in [7, 11) is 0.414. The number of allylic oxidation sites excluding steroid dienone is 2. The molecule has 3 aliphatic carbocycles. The predicted molar refractivity (Wildman–Crippen MR) is 108 cm³/mol. The van der Waals surface area contributed by atoms with Gasteiger partial charge in [0, 0.05) is 11.0 Å². The molecule has 29 heavy (non-hydrogen) atoms. The summed E-state index contributed by atoms with van der Waals surface area (Å²) in [6, 6.07) is 2.04. The summed E-state index contributed by atoms with van der Waals surface area (Å²) < 4.78 is 53.7. The minimum absolute atomic E-state index is 0.241. The molecule has 1 N–H and O–H groups in total. The van der Waals surface area contributed by atoms with E-state index in [1.807, 2.05) is 6.07 Å². The maximum atomic E-state index is 11.3. The Kier molecular flexibility index (Phi) is 5.07. The first-order valence-electron chi connectivity index (χ1n) is 9.93. The van der Waals surface area contributed by atoms with E-state index in [1.165, 1.54) is 11.1 Å². The van der Waals surface area contributed by atoms with Gasteiger partial charge in [-0.15, -0.1) is 0 Å². The van der Waals surface area contributed by atoms with E-state index in [1.54, 1.807) is 21.3 Å². The van der Waals surface area contributed by atoms with Crippen LogP contribution in [0.3, 0.4) is 0 Å². The number of methoxy groups -OCH3 is 3. The van der Waals surface area contributed by atoms with Crippen molar-refractivity contribution in [1.82, 2.24) is 0 Å². The number of rotatable bonds is 5. The van der Waals surface area contributed by atoms with Crippen molar-refractivity contribution in [2.45, 2.75) is 51.6 Å². The molecule has 3 aliphatic rings. The van der Waals surface area contributed by atoms with Crippen LogP contribution in [-0.2, 0) is 21.0 Å². The highest BCUT2D eigenvalue weighted by atomic mass is 32.3. The van der Waals surface area contributed by atoms with Crippen molar-refractivity contribution in [3.05, 3.63) is 22.8 Å². The van der Waals surface area contributed by atoms with Gasteiger partial charge in [-0.3, -0.25) is 4.55 Å². The second-order valence-electron chi connectivity index (χ2n) is 8.32. The second kappa shape index (κ2) is 7.18. The molecule has 1 aromatic rings. The van der Waals surface area contributed by atoms with Crippen LogP contribution in [0, 0.1) is 11.3 Å². The summed E-state index contributed by atoms with van der Waals surface area (Å²) in [5.41, 5.74) is 4.66. The van der Waals surface area contributed by atoms with Gasteiger partial charge in [0.1, 0.15) is 0 Å². The van der Waals surface area contributed by atoms with Gasteiger partial charge in [-0.1, -0.05) is 12.5 Å². The fraction of sp³-hybridized carbons (Fsp3) is 0.619. The molecule has 0 bridgehead atoms. The number of hydrogen-bond acceptors (Lipinski definition) is 6. The molecule has 1 aromatic carbocycles. The minimum Gasteiger partial charge on any atom is -0.493 e. The molecule has 0 amide bonds. The molecule has 3 atom stereocenters. The highest BCUT2D eigenvalue weighted by Gasteiger charge is 2.53. The third-order valence-corrected chi connectivity index (χ3v) is 7.59. The van der Waals surface area contributed by atoms with Crippen molar-refractivity contribution < 1.29 is 31.4 Å². The smallest absolute Gasteiger partial charge is 0.397 e. The van der Waals surface area contributed by atoms with Crippen LogP contribution in [0.1, 0.15) is 50.2 Å². The molecule has 1 fully saturated rings. The quantitative estimate of drug-likeness (QED) is 0.719. The Morgan fingerprint density at radius 1 is 1.03 bits per heavy atom. The van der Waals surface area contributed by atoms with Gasteiger partial charge in [0.25, 0.3) is 0 Å². The maximum Gasteiger partial charge on any atom is 0.397 e. The zero-order chi connectivity index (χ0) is 21.0. The van der Waals surface area contributed by atoms with Gasteiger partial charge in [0.2, 0.25) is 5.75 Å². The van der Waals surface area contributed by atoms with E-state index in [-0.39, 0.29) is 11.3 Å². The molecule has 0 aromatic heterocycles. The normalized spacial score (nSPS) is 28.4. The van der Waals surface area contributed by atoms with Crippen LogP contribution in [0.2, 0.25) is 0 Å². The van der Waals surface area contributed by atoms with E-state index in [9.17, 15) is 13.0 Å². The zero-order valence-corrected chi connectivity index (χ0v) is 18.1. The van der Waals surface area contributed by atoms with E-state index >= 15 is 0 Å². The molecule has 3 unspecified atom stereocenters. The fourth-order valence-electron chi connectivity index (χ4n) is 5.81. The van der Waals surface area contributed by atoms with Crippen molar-refractivity contribution in [2.75, 3.05) is 21.3 Å². The number of benzene rings is 1. The van der Waals surface area contributed by atoms with Gasteiger partial charge in [0.15, 0.2) is 11.5 Å². The van der Waals surface area contributed by atoms with Gasteiger partial charge in [-0.05, 0) is 61.6 Å². The molecule has 8 heteroatoms. The van der Waals surface area contributed by atoms with Crippen molar-refractivity contribution >= 4 is 16.0 Å². The van der Waals surface area contributed by atoms with Crippen molar-refractivity contribution in [3.8, 4) is 17.2 Å². The van der Waals surface area contributed by atoms with Gasteiger partial charge in [0.05, 0.1) is 27.4 Å². The van der Waals surface area contributed by atoms with Gasteiger partial charge >= 0.3 is 10.4 Å². The van der Waals surface area contributed by atoms with Crippen LogP contribution in [0.4, 0.5) is 0 Å². The van der Waals surface area contributed by atoms with Gasteiger partial charge in [-0.2, -0.15) is 8.42 Å². The fourth-order valence-corrected chi connectivity index (χ4v) is 6.41. The van der Waals surface area contributed by atoms with E-state index < -0.39 is 16.5 Å². The standard InChI is InChI=1S/C21H28O7S/c1-21-10-9-12-13(16(21)7-8-18(21)28-29(22,23)24)5-6-14-15(12)11-17(25-2)20(27-4)19(14)26-3/h11,16,18H,5-10H2,1-4H3,(H,22,23,24). The summed E-state index contributed by atoms with van der Waals surface area (Å²) in [6.07, 6.45) is 4.33. The Labute approximate surface area is 171 Å². The van der Waals surface area contributed by atoms with Crippen LogP contribution < -0.4 is 14.2 Å². The van der Waals surface area contributed by atoms with E-state index in [2.05, 4.69) is 6.92 Å². The minimum atomic E-state index is -4.46. The lowest BCUT2D eigenvalue weighted by Gasteiger charge is -2.44. The molecule has 0 heterocycles. The van der Waals surface area contributed by atoms with Crippen molar-refractivity contribution in [3.63, 3.8) is 0 Å². The maximum absolute atomic E-state index is 11.3. The van der Waals surface area contributed by atoms with E-state index in [0.29, 0.717) is 17.9 Å². The summed E-state index contributed by atoms with van der Waals surface area (Å²) in [6.45, 7) is 2.09. The SMILES string of the molecule is COc1cc2c(c(OC)c1OC)CCC1=C2CCC2(C)C(OS(=O)(=O)O)CCC12. The Morgan fingerprint density at radius 3 is 2.38 bits per heavy atom.